The highest BCUT2D eigenvalue weighted by Gasteiger charge is 2.24. The maximum absolute atomic E-state index is 9.24. The van der Waals surface area contributed by atoms with Crippen molar-refractivity contribution >= 4 is 31.9 Å². The first kappa shape index (κ1) is 15.2. The third-order valence-corrected chi connectivity index (χ3v) is 4.48. The minimum Gasteiger partial charge on any atom is -0.192 e. The number of nitriles is 2. The van der Waals surface area contributed by atoms with Crippen LogP contribution in [0.4, 0.5) is 0 Å². The van der Waals surface area contributed by atoms with Crippen molar-refractivity contribution in [3.05, 3.63) is 31.2 Å². The SMILES string of the molecule is CC(C)c1c(Br)c(C#N)c(C#N)c(Br)c1C(C)C. The predicted octanol–water partition coefficient (Wildman–Crippen LogP) is 5.20. The fraction of sp³-hybridized carbons (Fsp3) is 0.429. The molecule has 0 aliphatic carbocycles. The predicted molar refractivity (Wildman–Crippen MR) is 79.5 cm³/mol. The van der Waals surface area contributed by atoms with Crippen LogP contribution in [0.1, 0.15) is 61.8 Å². The molecule has 0 fully saturated rings. The Morgan fingerprint density at radius 1 is 0.778 bits per heavy atom. The van der Waals surface area contributed by atoms with Gasteiger partial charge in [0, 0.05) is 8.95 Å². The van der Waals surface area contributed by atoms with Crippen molar-refractivity contribution in [3.8, 4) is 12.1 Å². The lowest BCUT2D eigenvalue weighted by Gasteiger charge is -2.21. The van der Waals surface area contributed by atoms with E-state index >= 15 is 0 Å². The number of benzene rings is 1. The lowest BCUT2D eigenvalue weighted by molar-refractivity contribution is 0.780. The lowest BCUT2D eigenvalue weighted by Crippen LogP contribution is -2.06. The van der Waals surface area contributed by atoms with Gasteiger partial charge in [-0.3, -0.25) is 0 Å². The monoisotopic (exact) mass is 368 g/mol. The van der Waals surface area contributed by atoms with Gasteiger partial charge in [0.2, 0.25) is 0 Å². The number of hydrogen-bond donors (Lipinski definition) is 0. The van der Waals surface area contributed by atoms with Crippen LogP contribution in [0.3, 0.4) is 0 Å². The molecular weight excluding hydrogens is 356 g/mol. The number of rotatable bonds is 2. The zero-order chi connectivity index (χ0) is 14.0. The van der Waals surface area contributed by atoms with Crippen molar-refractivity contribution in [2.45, 2.75) is 39.5 Å². The van der Waals surface area contributed by atoms with E-state index in [4.69, 9.17) is 0 Å². The summed E-state index contributed by atoms with van der Waals surface area (Å²) in [5.74, 6) is 0.570. The van der Waals surface area contributed by atoms with Gasteiger partial charge in [-0.2, -0.15) is 10.5 Å². The van der Waals surface area contributed by atoms with E-state index in [2.05, 4.69) is 71.7 Å². The first-order chi connectivity index (χ1) is 8.36. The molecule has 1 aromatic carbocycles. The van der Waals surface area contributed by atoms with Gasteiger partial charge in [0.05, 0.1) is 11.1 Å². The number of hydrogen-bond acceptors (Lipinski definition) is 2. The van der Waals surface area contributed by atoms with Crippen molar-refractivity contribution in [2.24, 2.45) is 0 Å². The molecule has 0 bridgehead atoms. The third kappa shape index (κ3) is 2.46. The quantitative estimate of drug-likeness (QED) is 0.718. The van der Waals surface area contributed by atoms with Crippen LogP contribution in [-0.4, -0.2) is 0 Å². The van der Waals surface area contributed by atoms with Gasteiger partial charge in [0.25, 0.3) is 0 Å². The molecule has 0 aromatic heterocycles. The summed E-state index contributed by atoms with van der Waals surface area (Å²) in [4.78, 5) is 0. The van der Waals surface area contributed by atoms with Crippen molar-refractivity contribution in [1.29, 1.82) is 10.5 Å². The summed E-state index contributed by atoms with van der Waals surface area (Å²) in [6.45, 7) is 8.36. The summed E-state index contributed by atoms with van der Waals surface area (Å²) >= 11 is 6.99. The summed E-state index contributed by atoms with van der Waals surface area (Å²) in [6.07, 6.45) is 0. The Hall–Kier alpha value is -0.840. The van der Waals surface area contributed by atoms with Crippen LogP contribution < -0.4 is 0 Å². The highest BCUT2D eigenvalue weighted by Crippen LogP contribution is 2.41. The molecule has 0 aliphatic rings. The molecule has 0 atom stereocenters. The second-order valence-corrected chi connectivity index (χ2v) is 6.32. The van der Waals surface area contributed by atoms with Gasteiger partial charge >= 0.3 is 0 Å². The van der Waals surface area contributed by atoms with Crippen molar-refractivity contribution < 1.29 is 0 Å². The van der Waals surface area contributed by atoms with Crippen LogP contribution in [-0.2, 0) is 0 Å². The third-order valence-electron chi connectivity index (χ3n) is 2.83. The van der Waals surface area contributed by atoms with Crippen LogP contribution >= 0.6 is 31.9 Å². The summed E-state index contributed by atoms with van der Waals surface area (Å²) in [6, 6.07) is 4.24. The van der Waals surface area contributed by atoms with Crippen LogP contribution in [0.25, 0.3) is 0 Å². The van der Waals surface area contributed by atoms with Gasteiger partial charge in [0.1, 0.15) is 12.1 Å². The molecule has 0 radical (unpaired) electrons. The first-order valence-electron chi connectivity index (χ1n) is 5.71. The Morgan fingerprint density at radius 3 is 1.22 bits per heavy atom. The largest absolute Gasteiger partial charge is 0.192 e. The Bertz CT molecular complexity index is 510. The van der Waals surface area contributed by atoms with Gasteiger partial charge < -0.3 is 0 Å². The molecular formula is C14H14Br2N2. The van der Waals surface area contributed by atoms with Crippen LogP contribution in [0.2, 0.25) is 0 Å². The second kappa shape index (κ2) is 5.87. The molecule has 2 nitrogen and oxygen atoms in total. The highest BCUT2D eigenvalue weighted by atomic mass is 79.9. The van der Waals surface area contributed by atoms with Crippen LogP contribution in [0.15, 0.2) is 8.95 Å². The summed E-state index contributed by atoms with van der Waals surface area (Å²) < 4.78 is 1.51. The topological polar surface area (TPSA) is 47.6 Å². The highest BCUT2D eigenvalue weighted by molar-refractivity contribution is 9.11. The van der Waals surface area contributed by atoms with E-state index in [0.717, 1.165) is 20.1 Å². The smallest absolute Gasteiger partial charge is 0.102 e. The van der Waals surface area contributed by atoms with E-state index in [1.54, 1.807) is 0 Å². The maximum atomic E-state index is 9.24. The zero-order valence-corrected chi connectivity index (χ0v) is 14.0. The van der Waals surface area contributed by atoms with Gasteiger partial charge in [0.15, 0.2) is 0 Å². The molecule has 1 aromatic rings. The first-order valence-corrected chi connectivity index (χ1v) is 7.30. The average Bonchev–Trinajstić information content (AvgIpc) is 2.29. The van der Waals surface area contributed by atoms with E-state index in [0.29, 0.717) is 11.1 Å². The molecule has 4 heteroatoms. The Balaban J connectivity index is 3.90. The van der Waals surface area contributed by atoms with Gasteiger partial charge in [-0.1, -0.05) is 27.7 Å². The molecule has 0 saturated heterocycles. The molecule has 0 N–H and O–H groups in total. The van der Waals surface area contributed by atoms with E-state index < -0.39 is 0 Å². The summed E-state index contributed by atoms with van der Waals surface area (Å²) in [5.41, 5.74) is 3.04. The Kier molecular flexibility index (Phi) is 4.96. The standard InChI is InChI=1S/C14H14Br2N2/c1-7(2)11-12(8(3)4)14(16)10(6-18)9(5-17)13(11)15/h7-8H,1-4H3. The molecule has 18 heavy (non-hydrogen) atoms. The number of halogens is 2. The van der Waals surface area contributed by atoms with E-state index in [1.165, 1.54) is 0 Å². The van der Waals surface area contributed by atoms with Crippen LogP contribution in [0.5, 0.6) is 0 Å². The van der Waals surface area contributed by atoms with Crippen LogP contribution in [0, 0.1) is 22.7 Å². The molecule has 0 heterocycles. The minimum atomic E-state index is 0.285. The van der Waals surface area contributed by atoms with Crippen molar-refractivity contribution in [2.75, 3.05) is 0 Å². The zero-order valence-electron chi connectivity index (χ0n) is 10.8. The fourth-order valence-electron chi connectivity index (χ4n) is 2.06. The van der Waals surface area contributed by atoms with Crippen molar-refractivity contribution in [3.63, 3.8) is 0 Å². The molecule has 0 saturated carbocycles. The molecule has 0 spiro atoms. The van der Waals surface area contributed by atoms with E-state index in [9.17, 15) is 10.5 Å². The molecule has 0 unspecified atom stereocenters. The minimum absolute atomic E-state index is 0.285. The molecule has 1 rings (SSSR count). The second-order valence-electron chi connectivity index (χ2n) is 4.74. The fourth-order valence-corrected chi connectivity index (χ4v) is 3.98. The molecule has 94 valence electrons. The van der Waals surface area contributed by atoms with Gasteiger partial charge in [-0.15, -0.1) is 0 Å². The number of nitrogens with zero attached hydrogens (tertiary/aromatic N) is 2. The van der Waals surface area contributed by atoms with Crippen molar-refractivity contribution in [1.82, 2.24) is 0 Å². The van der Waals surface area contributed by atoms with Gasteiger partial charge in [-0.05, 0) is 54.8 Å². The molecule has 0 aliphatic heterocycles. The van der Waals surface area contributed by atoms with E-state index in [1.807, 2.05) is 0 Å². The molecule has 0 amide bonds. The maximum Gasteiger partial charge on any atom is 0.102 e. The normalized spacial score (nSPS) is 10.6. The summed E-state index contributed by atoms with van der Waals surface area (Å²) in [5, 5.41) is 18.5. The van der Waals surface area contributed by atoms with Gasteiger partial charge in [-0.25, -0.2) is 0 Å². The van der Waals surface area contributed by atoms with E-state index in [-0.39, 0.29) is 11.8 Å². The lowest BCUT2D eigenvalue weighted by atomic mass is 9.87. The average molecular weight is 370 g/mol. The Morgan fingerprint density at radius 2 is 1.06 bits per heavy atom. The Labute approximate surface area is 125 Å². The summed E-state index contributed by atoms with van der Waals surface area (Å²) in [7, 11) is 0.